The summed E-state index contributed by atoms with van der Waals surface area (Å²) in [5, 5.41) is 23.2. The molecule has 0 spiro atoms. The van der Waals surface area contributed by atoms with E-state index in [0.29, 0.717) is 0 Å². The van der Waals surface area contributed by atoms with Crippen LogP contribution in [0.25, 0.3) is 0 Å². The van der Waals surface area contributed by atoms with Crippen molar-refractivity contribution in [3.8, 4) is 0 Å². The van der Waals surface area contributed by atoms with Crippen LogP contribution in [0.2, 0.25) is 0 Å². The highest BCUT2D eigenvalue weighted by Gasteiger charge is 2.70. The molecule has 60 heavy (non-hydrogen) atoms. The molecule has 0 aromatic heterocycles. The number of rotatable bonds is 12. The van der Waals surface area contributed by atoms with Crippen molar-refractivity contribution < 1.29 is 62.5 Å². The molecule has 0 aromatic rings. The quantitative estimate of drug-likeness (QED) is 0.274. The van der Waals surface area contributed by atoms with Crippen LogP contribution in [-0.4, -0.2) is 189 Å². The van der Waals surface area contributed by atoms with E-state index in [0.717, 1.165) is 19.5 Å². The second-order valence-electron chi connectivity index (χ2n) is 19.5. The van der Waals surface area contributed by atoms with Crippen LogP contribution in [0.3, 0.4) is 0 Å². The van der Waals surface area contributed by atoms with E-state index >= 15 is 0 Å². The molecule has 4 rings (SSSR count). The number of esters is 2. The molecule has 1 unspecified atom stereocenters. The third kappa shape index (κ3) is 10.6. The second-order valence-corrected chi connectivity index (χ2v) is 19.5. The van der Waals surface area contributed by atoms with E-state index in [-0.39, 0.29) is 36.8 Å². The average Bonchev–Trinajstić information content (AvgIpc) is 3.70. The fourth-order valence-corrected chi connectivity index (χ4v) is 10.2. The first-order valence-electron chi connectivity index (χ1n) is 21.8. The van der Waals surface area contributed by atoms with Crippen LogP contribution >= 0.6 is 0 Å². The molecule has 2 N–H and O–H groups in total. The molecule has 1 aliphatic carbocycles. The number of fused-ring (bicyclic) bond motifs is 1. The summed E-state index contributed by atoms with van der Waals surface area (Å²) in [6.07, 6.45) is -6.57. The van der Waals surface area contributed by atoms with Gasteiger partial charge in [-0.1, -0.05) is 27.7 Å². The number of hydrogen-bond acceptors (Lipinski definition) is 16. The summed E-state index contributed by atoms with van der Waals surface area (Å²) in [6, 6.07) is -0.184. The van der Waals surface area contributed by atoms with Gasteiger partial charge in [0.25, 0.3) is 0 Å². The molecule has 3 aliphatic heterocycles. The van der Waals surface area contributed by atoms with Crippen molar-refractivity contribution >= 4 is 17.7 Å². The summed E-state index contributed by atoms with van der Waals surface area (Å²) in [7, 11) is 13.4. The topological polar surface area (TPSA) is 175 Å². The lowest BCUT2D eigenvalue weighted by molar-refractivity contribution is -0.315. The summed E-state index contributed by atoms with van der Waals surface area (Å²) >= 11 is 0. The Kier molecular flexibility index (Phi) is 16.9. The maximum atomic E-state index is 14.4. The monoisotopic (exact) mass is 858 g/mol. The molecule has 0 bridgehead atoms. The van der Waals surface area contributed by atoms with Gasteiger partial charge in [0.2, 0.25) is 0 Å². The Morgan fingerprint density at radius 2 is 1.45 bits per heavy atom. The van der Waals surface area contributed by atoms with Crippen molar-refractivity contribution in [3.05, 3.63) is 0 Å². The largest absolute Gasteiger partial charge is 0.458 e. The van der Waals surface area contributed by atoms with Crippen LogP contribution in [-0.2, 0) is 52.3 Å². The Morgan fingerprint density at radius 3 is 2.00 bits per heavy atom. The number of ether oxygens (including phenoxy) is 8. The van der Waals surface area contributed by atoms with Gasteiger partial charge in [-0.2, -0.15) is 0 Å². The molecular formula is C44H79N3O13. The first-order valence-corrected chi connectivity index (χ1v) is 21.8. The summed E-state index contributed by atoms with van der Waals surface area (Å²) in [5.74, 6) is -5.29. The number of methoxy groups -OCH3 is 2. The first kappa shape index (κ1) is 50.8. The van der Waals surface area contributed by atoms with Gasteiger partial charge in [0, 0.05) is 70.4 Å². The number of ketones is 1. The van der Waals surface area contributed by atoms with Crippen molar-refractivity contribution in [2.24, 2.45) is 29.6 Å². The Hall–Kier alpha value is -1.83. The van der Waals surface area contributed by atoms with Crippen LogP contribution in [0.5, 0.6) is 0 Å². The number of aliphatic hydroxyl groups excluding tert-OH is 1. The molecule has 16 nitrogen and oxygen atoms in total. The third-order valence-corrected chi connectivity index (χ3v) is 14.3. The maximum absolute atomic E-state index is 14.4. The first-order chi connectivity index (χ1) is 27.8. The minimum atomic E-state index is -1.81. The molecule has 4 aliphatic rings. The molecule has 1 saturated carbocycles. The number of likely N-dealkylation sites (N-methyl/N-ethyl adjacent to an activating group) is 3. The van der Waals surface area contributed by atoms with Gasteiger partial charge in [-0.05, 0) is 82.7 Å². The van der Waals surface area contributed by atoms with Crippen molar-refractivity contribution in [3.63, 3.8) is 0 Å². The predicted octanol–water partition coefficient (Wildman–Crippen LogP) is 2.73. The van der Waals surface area contributed by atoms with E-state index in [1.165, 1.54) is 14.0 Å². The highest BCUT2D eigenvalue weighted by Crippen LogP contribution is 2.52. The molecule has 19 atom stereocenters. The minimum Gasteiger partial charge on any atom is -0.458 e. The summed E-state index contributed by atoms with van der Waals surface area (Å²) in [4.78, 5) is 47.3. The van der Waals surface area contributed by atoms with Crippen LogP contribution in [0.15, 0.2) is 0 Å². The van der Waals surface area contributed by atoms with Gasteiger partial charge in [0.15, 0.2) is 18.7 Å². The lowest BCUT2D eigenvalue weighted by Crippen LogP contribution is -2.64. The molecule has 0 amide bonds. The van der Waals surface area contributed by atoms with Crippen LogP contribution in [0.4, 0.5) is 0 Å². The van der Waals surface area contributed by atoms with Gasteiger partial charge >= 0.3 is 11.9 Å². The predicted molar refractivity (Wildman–Crippen MR) is 223 cm³/mol. The highest BCUT2D eigenvalue weighted by molar-refractivity contribution is 5.84. The van der Waals surface area contributed by atoms with E-state index in [2.05, 4.69) is 35.8 Å². The number of carbonyl (C=O) groups is 3. The molecule has 0 aromatic carbocycles. The lowest BCUT2D eigenvalue weighted by Gasteiger charge is -2.51. The summed E-state index contributed by atoms with van der Waals surface area (Å²) < 4.78 is 51.5. The van der Waals surface area contributed by atoms with Gasteiger partial charge in [-0.3, -0.25) is 14.4 Å². The normalized spacial score (nSPS) is 45.9. The van der Waals surface area contributed by atoms with E-state index in [9.17, 15) is 24.6 Å². The number of aliphatic hydroxyl groups is 2. The van der Waals surface area contributed by atoms with Crippen molar-refractivity contribution in [2.45, 2.75) is 173 Å². The Balaban J connectivity index is 1.86. The zero-order valence-electron chi connectivity index (χ0n) is 39.5. The van der Waals surface area contributed by atoms with Gasteiger partial charge in [0.05, 0.1) is 48.1 Å². The smallest absolute Gasteiger partial charge is 0.311 e. The van der Waals surface area contributed by atoms with Crippen molar-refractivity contribution in [1.29, 1.82) is 0 Å². The van der Waals surface area contributed by atoms with E-state index in [1.807, 2.05) is 41.8 Å². The maximum Gasteiger partial charge on any atom is 0.311 e. The van der Waals surface area contributed by atoms with Gasteiger partial charge in [0.1, 0.15) is 23.1 Å². The molecule has 4 fully saturated rings. The van der Waals surface area contributed by atoms with E-state index < -0.39 is 108 Å². The summed E-state index contributed by atoms with van der Waals surface area (Å²) in [6.45, 7) is 19.3. The number of nitrogens with zero attached hydrogens (tertiary/aromatic N) is 3. The number of Topliss-reactive ketones (excluding diaryl/α,β-unsaturated/α-hetero) is 1. The van der Waals surface area contributed by atoms with Crippen LogP contribution < -0.4 is 0 Å². The molecule has 3 saturated heterocycles. The highest BCUT2D eigenvalue weighted by atomic mass is 16.7. The van der Waals surface area contributed by atoms with E-state index in [4.69, 9.17) is 37.9 Å². The average molecular weight is 858 g/mol. The number of carbonyl (C=O) groups excluding carboxylic acids is 3. The minimum absolute atomic E-state index is 0.0494. The molecule has 16 heteroatoms. The Bertz CT molecular complexity index is 1470. The standard InChI is InChI=1S/C44H79N3O13/c1-23-21-42(9,53-16)37(60-41-33(46(13)14)31(20-24(2)55-41)47(15)19-18-45(11)12)26(4)35(58-32-22-43(10,54-17)39(29(7)56-32)57-30(8)48)27(5)40(51)59-38-28(6)44(38,52)36(50)25(3)34(23)49/h23-29,31-33,35-39,41,50,52H,18-22H2,1-17H3/t23-,24-,25+,26+,27-,28?,29+,31-,32+,33+,35+,36-,37-,38-,39+,41+,42+,43-,44+/m1/s1. The fourth-order valence-electron chi connectivity index (χ4n) is 10.2. The van der Waals surface area contributed by atoms with Crippen LogP contribution in [0.1, 0.15) is 88.5 Å². The molecule has 3 heterocycles. The lowest BCUT2D eigenvalue weighted by atomic mass is 9.75. The van der Waals surface area contributed by atoms with Gasteiger partial charge in [-0.25, -0.2) is 0 Å². The molecule has 348 valence electrons. The van der Waals surface area contributed by atoms with Crippen molar-refractivity contribution in [1.82, 2.24) is 14.7 Å². The molecule has 0 radical (unpaired) electrons. The Morgan fingerprint density at radius 1 is 0.850 bits per heavy atom. The fraction of sp³-hybridized carbons (Fsp3) is 0.932. The van der Waals surface area contributed by atoms with Gasteiger partial charge in [-0.15, -0.1) is 0 Å². The third-order valence-electron chi connectivity index (χ3n) is 14.3. The van der Waals surface area contributed by atoms with Gasteiger partial charge < -0.3 is 62.8 Å². The zero-order valence-corrected chi connectivity index (χ0v) is 39.5. The Labute approximate surface area is 359 Å². The van der Waals surface area contributed by atoms with E-state index in [1.54, 1.807) is 41.7 Å². The number of hydrogen-bond donors (Lipinski definition) is 2. The second kappa shape index (κ2) is 19.9. The zero-order chi connectivity index (χ0) is 45.4. The SMILES string of the molecule is CO[C@]1(C)C[C@H](O[C@H]2[C@H](C)[C@@H](O[C@@H]3O[C@H](C)C[C@@H](N(C)CCN(C)C)[C@@H]3N(C)C)[C@@](C)(OC)C[C@@H](C)C(=O)[C@H](C)[C@@H](O)[C@@]3(O)C(C)[C@H]3OC(=O)[C@@H]2C)O[C@@H](C)[C@@H]1OC(C)=O. The van der Waals surface area contributed by atoms with Crippen molar-refractivity contribution in [2.75, 3.05) is 62.5 Å². The molecular weight excluding hydrogens is 778 g/mol. The van der Waals surface area contributed by atoms with Crippen LogP contribution in [0, 0.1) is 29.6 Å². The summed E-state index contributed by atoms with van der Waals surface area (Å²) in [5.41, 5.74) is -4.02.